The van der Waals surface area contributed by atoms with Crippen LogP contribution in [0.15, 0.2) is 71.3 Å². The fourth-order valence-corrected chi connectivity index (χ4v) is 2.98. The van der Waals surface area contributed by atoms with E-state index in [2.05, 4.69) is 10.1 Å². The zero-order valence-corrected chi connectivity index (χ0v) is 17.1. The van der Waals surface area contributed by atoms with Gasteiger partial charge in [0.2, 0.25) is 5.82 Å². The van der Waals surface area contributed by atoms with Gasteiger partial charge in [0.25, 0.3) is 11.6 Å². The highest BCUT2D eigenvalue weighted by Gasteiger charge is 2.14. The molecule has 1 aromatic heterocycles. The van der Waals surface area contributed by atoms with Crippen molar-refractivity contribution in [2.24, 2.45) is 0 Å². The van der Waals surface area contributed by atoms with E-state index in [1.165, 1.54) is 19.2 Å². The lowest BCUT2D eigenvalue weighted by Gasteiger charge is -2.11. The van der Waals surface area contributed by atoms with Crippen LogP contribution in [0.3, 0.4) is 0 Å². The molecule has 0 aliphatic rings. The molecule has 0 fully saturated rings. The van der Waals surface area contributed by atoms with Crippen molar-refractivity contribution >= 4 is 17.3 Å². The molecule has 0 saturated carbocycles. The van der Waals surface area contributed by atoms with Crippen LogP contribution in [0.5, 0.6) is 11.5 Å². The molecule has 0 radical (unpaired) electrons. The fourth-order valence-electron chi connectivity index (χ4n) is 2.85. The lowest BCUT2D eigenvalue weighted by Crippen LogP contribution is -1.98. The second-order valence-corrected chi connectivity index (χ2v) is 6.94. The molecule has 4 rings (SSSR count). The Hall–Kier alpha value is -3.91. The lowest BCUT2D eigenvalue weighted by atomic mass is 10.2. The van der Waals surface area contributed by atoms with Crippen LogP contribution in [-0.2, 0) is 6.61 Å². The average Bonchev–Trinajstić information content (AvgIpc) is 3.28. The highest BCUT2D eigenvalue weighted by atomic mass is 35.5. The van der Waals surface area contributed by atoms with Crippen LogP contribution in [0, 0.1) is 10.1 Å². The van der Waals surface area contributed by atoms with Crippen molar-refractivity contribution in [3.8, 4) is 34.3 Å². The van der Waals surface area contributed by atoms with Crippen LogP contribution in [-0.4, -0.2) is 22.2 Å². The summed E-state index contributed by atoms with van der Waals surface area (Å²) in [4.78, 5) is 14.7. The van der Waals surface area contributed by atoms with Gasteiger partial charge in [-0.25, -0.2) is 0 Å². The van der Waals surface area contributed by atoms with E-state index in [0.717, 1.165) is 11.1 Å². The molecule has 31 heavy (non-hydrogen) atoms. The molecule has 0 bridgehead atoms. The van der Waals surface area contributed by atoms with Gasteiger partial charge in [0.15, 0.2) is 11.5 Å². The first-order chi connectivity index (χ1) is 15.0. The quantitative estimate of drug-likeness (QED) is 0.276. The normalized spacial score (nSPS) is 10.6. The van der Waals surface area contributed by atoms with E-state index in [1.807, 2.05) is 0 Å². The van der Waals surface area contributed by atoms with Crippen molar-refractivity contribution in [2.45, 2.75) is 6.61 Å². The van der Waals surface area contributed by atoms with Crippen LogP contribution >= 0.6 is 11.6 Å². The number of hydrogen-bond acceptors (Lipinski definition) is 7. The largest absolute Gasteiger partial charge is 0.493 e. The number of halogens is 1. The van der Waals surface area contributed by atoms with Crippen LogP contribution in [0.4, 0.5) is 5.69 Å². The first kappa shape index (κ1) is 20.4. The summed E-state index contributed by atoms with van der Waals surface area (Å²) in [6.07, 6.45) is 0. The first-order valence-corrected chi connectivity index (χ1v) is 9.55. The molecule has 9 heteroatoms. The number of ether oxygens (including phenoxy) is 2. The van der Waals surface area contributed by atoms with E-state index in [1.54, 1.807) is 54.6 Å². The molecule has 0 saturated heterocycles. The van der Waals surface area contributed by atoms with Gasteiger partial charge in [0, 0.05) is 28.3 Å². The Morgan fingerprint density at radius 1 is 1.00 bits per heavy atom. The number of aromatic nitrogens is 2. The molecule has 0 atom stereocenters. The van der Waals surface area contributed by atoms with Gasteiger partial charge in [-0.05, 0) is 60.2 Å². The van der Waals surface area contributed by atoms with E-state index < -0.39 is 4.92 Å². The number of rotatable bonds is 7. The third-order valence-corrected chi connectivity index (χ3v) is 4.73. The van der Waals surface area contributed by atoms with Gasteiger partial charge < -0.3 is 14.0 Å². The minimum atomic E-state index is -0.442. The summed E-state index contributed by atoms with van der Waals surface area (Å²) in [6.45, 7) is 0.233. The summed E-state index contributed by atoms with van der Waals surface area (Å²) < 4.78 is 16.6. The minimum Gasteiger partial charge on any atom is -0.493 e. The van der Waals surface area contributed by atoms with E-state index >= 15 is 0 Å². The van der Waals surface area contributed by atoms with Crippen molar-refractivity contribution in [2.75, 3.05) is 7.11 Å². The van der Waals surface area contributed by atoms with E-state index in [9.17, 15) is 10.1 Å². The highest BCUT2D eigenvalue weighted by Crippen LogP contribution is 2.33. The molecule has 0 amide bonds. The topological polar surface area (TPSA) is 101 Å². The molecular weight excluding hydrogens is 422 g/mol. The van der Waals surface area contributed by atoms with E-state index in [4.69, 9.17) is 25.6 Å². The average molecular weight is 438 g/mol. The molecule has 0 unspecified atom stereocenters. The van der Waals surface area contributed by atoms with Crippen molar-refractivity contribution < 1.29 is 18.9 Å². The fraction of sp³-hybridized carbons (Fsp3) is 0.0909. The Kier molecular flexibility index (Phi) is 5.81. The highest BCUT2D eigenvalue weighted by molar-refractivity contribution is 6.30. The van der Waals surface area contributed by atoms with Crippen molar-refractivity contribution in [1.29, 1.82) is 0 Å². The maximum absolute atomic E-state index is 10.8. The standard InChI is InChI=1S/C22H16ClN3O5/c1-29-20-12-16(21-24-22(31-25-21)15-4-7-17(23)8-5-15)6-11-19(20)30-13-14-2-9-18(10-3-14)26(27)28/h2-12H,13H2,1H3. The Bertz CT molecular complexity index is 1210. The van der Waals surface area contributed by atoms with Crippen molar-refractivity contribution in [1.82, 2.24) is 10.1 Å². The summed E-state index contributed by atoms with van der Waals surface area (Å²) in [6, 6.07) is 18.6. The molecule has 0 aliphatic heterocycles. The number of methoxy groups -OCH3 is 1. The second-order valence-electron chi connectivity index (χ2n) is 6.51. The van der Waals surface area contributed by atoms with Crippen molar-refractivity contribution in [3.63, 3.8) is 0 Å². The lowest BCUT2D eigenvalue weighted by molar-refractivity contribution is -0.384. The van der Waals surface area contributed by atoms with Gasteiger partial charge in [-0.3, -0.25) is 10.1 Å². The molecule has 3 aromatic carbocycles. The van der Waals surface area contributed by atoms with Gasteiger partial charge in [-0.15, -0.1) is 0 Å². The first-order valence-electron chi connectivity index (χ1n) is 9.17. The minimum absolute atomic E-state index is 0.0313. The Balaban J connectivity index is 1.50. The maximum Gasteiger partial charge on any atom is 0.269 e. The van der Waals surface area contributed by atoms with Gasteiger partial charge >= 0.3 is 0 Å². The van der Waals surface area contributed by atoms with Gasteiger partial charge in [0.05, 0.1) is 12.0 Å². The molecule has 4 aromatic rings. The molecule has 0 spiro atoms. The van der Waals surface area contributed by atoms with Crippen LogP contribution in [0.2, 0.25) is 5.02 Å². The Morgan fingerprint density at radius 3 is 2.39 bits per heavy atom. The van der Waals surface area contributed by atoms with Crippen LogP contribution < -0.4 is 9.47 Å². The van der Waals surface area contributed by atoms with Gasteiger partial charge in [-0.1, -0.05) is 16.8 Å². The monoisotopic (exact) mass is 437 g/mol. The van der Waals surface area contributed by atoms with Gasteiger partial charge in [-0.2, -0.15) is 4.98 Å². The molecule has 1 heterocycles. The molecule has 0 N–H and O–H groups in total. The molecule has 0 aliphatic carbocycles. The zero-order chi connectivity index (χ0) is 21.8. The van der Waals surface area contributed by atoms with Gasteiger partial charge in [0.1, 0.15) is 6.61 Å². The molecule has 8 nitrogen and oxygen atoms in total. The Labute approximate surface area is 182 Å². The van der Waals surface area contributed by atoms with E-state index in [-0.39, 0.29) is 12.3 Å². The third-order valence-electron chi connectivity index (χ3n) is 4.48. The smallest absolute Gasteiger partial charge is 0.269 e. The van der Waals surface area contributed by atoms with E-state index in [0.29, 0.717) is 33.8 Å². The number of nitro benzene ring substituents is 1. The summed E-state index contributed by atoms with van der Waals surface area (Å²) in [5.74, 6) is 1.80. The number of hydrogen-bond donors (Lipinski definition) is 0. The number of nitrogens with zero attached hydrogens (tertiary/aromatic N) is 3. The summed E-state index contributed by atoms with van der Waals surface area (Å²) in [7, 11) is 1.53. The summed E-state index contributed by atoms with van der Waals surface area (Å²) in [5.41, 5.74) is 2.29. The molecular formula is C22H16ClN3O5. The summed E-state index contributed by atoms with van der Waals surface area (Å²) in [5, 5.41) is 15.4. The SMILES string of the molecule is COc1cc(-c2noc(-c3ccc(Cl)cc3)n2)ccc1OCc1ccc([N+](=O)[O-])cc1. The number of benzene rings is 3. The Morgan fingerprint density at radius 2 is 1.71 bits per heavy atom. The van der Waals surface area contributed by atoms with Crippen LogP contribution in [0.25, 0.3) is 22.8 Å². The molecule has 156 valence electrons. The predicted octanol–water partition coefficient (Wildman–Crippen LogP) is 5.55. The third kappa shape index (κ3) is 4.65. The zero-order valence-electron chi connectivity index (χ0n) is 16.3. The maximum atomic E-state index is 10.8. The number of non-ortho nitro benzene ring substituents is 1. The number of nitro groups is 1. The van der Waals surface area contributed by atoms with Crippen LogP contribution in [0.1, 0.15) is 5.56 Å². The summed E-state index contributed by atoms with van der Waals surface area (Å²) >= 11 is 5.91. The van der Waals surface area contributed by atoms with Crippen molar-refractivity contribution in [3.05, 3.63) is 87.4 Å². The second kappa shape index (κ2) is 8.85. The predicted molar refractivity (Wildman–Crippen MR) is 114 cm³/mol.